The third kappa shape index (κ3) is 3.12. The van der Waals surface area contributed by atoms with E-state index < -0.39 is 0 Å². The van der Waals surface area contributed by atoms with E-state index in [4.69, 9.17) is 4.74 Å². The second kappa shape index (κ2) is 6.48. The largest absolute Gasteiger partial charge is 0.376 e. The summed E-state index contributed by atoms with van der Waals surface area (Å²) in [4.78, 5) is 22.9. The van der Waals surface area contributed by atoms with Gasteiger partial charge in [-0.25, -0.2) is 0 Å². The number of nitrogens with two attached hydrogens (primary N) is 1. The van der Waals surface area contributed by atoms with Crippen molar-refractivity contribution < 1.29 is 14.3 Å². The zero-order valence-electron chi connectivity index (χ0n) is 9.91. The van der Waals surface area contributed by atoms with Crippen LogP contribution in [0.2, 0.25) is 0 Å². The van der Waals surface area contributed by atoms with E-state index in [-0.39, 0.29) is 5.91 Å². The highest BCUT2D eigenvalue weighted by molar-refractivity contribution is 7.16. The fourth-order valence-electron chi connectivity index (χ4n) is 1.63. The molecule has 0 saturated carbocycles. The second-order valence-electron chi connectivity index (χ2n) is 3.35. The Kier molecular flexibility index (Phi) is 5.27. The molecular formula is C11H16N2O3S. The molecule has 1 aromatic rings. The number of fused-ring (bicyclic) bond motifs is 1. The summed E-state index contributed by atoms with van der Waals surface area (Å²) >= 11 is 1.43. The molecule has 1 amide bonds. The summed E-state index contributed by atoms with van der Waals surface area (Å²) < 4.78 is 5.30. The first-order valence-corrected chi connectivity index (χ1v) is 6.07. The normalized spacial score (nSPS) is 13.1. The van der Waals surface area contributed by atoms with E-state index in [2.05, 4.69) is 11.1 Å². The first kappa shape index (κ1) is 13.8. The third-order valence-corrected chi connectivity index (χ3v) is 3.41. The van der Waals surface area contributed by atoms with Gasteiger partial charge >= 0.3 is 0 Å². The summed E-state index contributed by atoms with van der Waals surface area (Å²) in [5.74, 6) is -0.155. The van der Waals surface area contributed by atoms with Gasteiger partial charge in [-0.1, -0.05) is 0 Å². The lowest BCUT2D eigenvalue weighted by Crippen LogP contribution is -2.09. The van der Waals surface area contributed by atoms with Gasteiger partial charge in [-0.05, 0) is 19.0 Å². The first-order chi connectivity index (χ1) is 8.22. The van der Waals surface area contributed by atoms with Crippen LogP contribution in [0.4, 0.5) is 5.00 Å². The lowest BCUT2D eigenvalue weighted by atomic mass is 10.1. The molecule has 94 valence electrons. The van der Waals surface area contributed by atoms with E-state index in [9.17, 15) is 9.59 Å². The van der Waals surface area contributed by atoms with Crippen molar-refractivity contribution in [3.63, 3.8) is 0 Å². The van der Waals surface area contributed by atoms with E-state index in [0.717, 1.165) is 23.1 Å². The van der Waals surface area contributed by atoms with Crippen LogP contribution in [-0.2, 0) is 22.6 Å². The Bertz CT molecular complexity index is 415. The van der Waals surface area contributed by atoms with Gasteiger partial charge in [0, 0.05) is 11.8 Å². The monoisotopic (exact) mass is 256 g/mol. The number of nitrogens with one attached hydrogen (secondary N) is 1. The van der Waals surface area contributed by atoms with Crippen LogP contribution in [0.5, 0.6) is 0 Å². The fraction of sp³-hybridized carbons (Fsp3) is 0.455. The quantitative estimate of drug-likeness (QED) is 0.778. The maximum absolute atomic E-state index is 11.0. The number of thiophene rings is 1. The standard InChI is InChI=1S/C10H11NO3S.CH5N/c1-6(13)11-10-8(4-12)7-2-3-14-5-9(7)15-10;1-2/h4H,2-3,5H2,1H3,(H,11,13);2H2,1H3. The van der Waals surface area contributed by atoms with Crippen molar-refractivity contribution in [1.82, 2.24) is 0 Å². The third-order valence-electron chi connectivity index (χ3n) is 2.27. The predicted molar refractivity (Wildman–Crippen MR) is 67.5 cm³/mol. The van der Waals surface area contributed by atoms with Crippen LogP contribution in [0.1, 0.15) is 27.7 Å². The lowest BCUT2D eigenvalue weighted by molar-refractivity contribution is -0.114. The molecule has 0 aliphatic carbocycles. The van der Waals surface area contributed by atoms with E-state index >= 15 is 0 Å². The van der Waals surface area contributed by atoms with Crippen LogP contribution >= 0.6 is 11.3 Å². The average Bonchev–Trinajstić information content (AvgIpc) is 2.67. The van der Waals surface area contributed by atoms with Gasteiger partial charge in [0.05, 0.1) is 18.8 Å². The SMILES string of the molecule is CC(=O)Nc1sc2c(c1C=O)CCOC2.CN. The number of carbonyl (C=O) groups is 2. The van der Waals surface area contributed by atoms with Crippen molar-refractivity contribution in [2.24, 2.45) is 5.73 Å². The number of hydrogen-bond acceptors (Lipinski definition) is 5. The number of ether oxygens (including phenoxy) is 1. The van der Waals surface area contributed by atoms with Gasteiger partial charge in [-0.3, -0.25) is 9.59 Å². The Morgan fingerprint density at radius 1 is 1.53 bits per heavy atom. The highest BCUT2D eigenvalue weighted by Gasteiger charge is 2.20. The van der Waals surface area contributed by atoms with Crippen molar-refractivity contribution in [3.8, 4) is 0 Å². The van der Waals surface area contributed by atoms with Crippen LogP contribution in [0.3, 0.4) is 0 Å². The van der Waals surface area contributed by atoms with Crippen molar-refractivity contribution in [2.45, 2.75) is 20.0 Å². The molecule has 2 rings (SSSR count). The molecule has 2 heterocycles. The van der Waals surface area contributed by atoms with Gasteiger partial charge in [0.2, 0.25) is 5.91 Å². The van der Waals surface area contributed by atoms with E-state index in [1.807, 2.05) is 0 Å². The molecule has 1 aliphatic heterocycles. The molecule has 3 N–H and O–H groups in total. The second-order valence-corrected chi connectivity index (χ2v) is 4.45. The Hall–Kier alpha value is -1.24. The predicted octanol–water partition coefficient (Wildman–Crippen LogP) is 1.17. The minimum Gasteiger partial charge on any atom is -0.376 e. The van der Waals surface area contributed by atoms with E-state index in [0.29, 0.717) is 23.8 Å². The van der Waals surface area contributed by atoms with Crippen molar-refractivity contribution in [2.75, 3.05) is 19.0 Å². The average molecular weight is 256 g/mol. The van der Waals surface area contributed by atoms with Gasteiger partial charge in [0.25, 0.3) is 0 Å². The summed E-state index contributed by atoms with van der Waals surface area (Å²) in [6, 6.07) is 0. The highest BCUT2D eigenvalue weighted by atomic mass is 32.1. The Balaban J connectivity index is 0.000000686. The van der Waals surface area contributed by atoms with Gasteiger partial charge < -0.3 is 15.8 Å². The lowest BCUT2D eigenvalue weighted by Gasteiger charge is -2.11. The maximum atomic E-state index is 11.0. The number of hydrogen-bond donors (Lipinski definition) is 2. The summed E-state index contributed by atoms with van der Waals surface area (Å²) in [7, 11) is 1.50. The number of rotatable bonds is 2. The minimum atomic E-state index is -0.155. The molecule has 6 heteroatoms. The fourth-order valence-corrected chi connectivity index (χ4v) is 2.83. The summed E-state index contributed by atoms with van der Waals surface area (Å²) in [5, 5.41) is 3.32. The molecule has 0 saturated heterocycles. The summed E-state index contributed by atoms with van der Waals surface area (Å²) in [6.45, 7) is 2.62. The molecule has 0 radical (unpaired) electrons. The van der Waals surface area contributed by atoms with Crippen LogP contribution in [-0.4, -0.2) is 25.8 Å². The zero-order valence-corrected chi connectivity index (χ0v) is 10.7. The van der Waals surface area contributed by atoms with Gasteiger partial charge in [-0.2, -0.15) is 0 Å². The first-order valence-electron chi connectivity index (χ1n) is 5.25. The molecule has 5 nitrogen and oxygen atoms in total. The topological polar surface area (TPSA) is 81.4 Å². The van der Waals surface area contributed by atoms with E-state index in [1.165, 1.54) is 25.3 Å². The van der Waals surface area contributed by atoms with Crippen LogP contribution in [0.25, 0.3) is 0 Å². The smallest absolute Gasteiger partial charge is 0.221 e. The molecule has 17 heavy (non-hydrogen) atoms. The summed E-state index contributed by atoms with van der Waals surface area (Å²) in [6.07, 6.45) is 1.56. The molecule has 0 aromatic carbocycles. The van der Waals surface area contributed by atoms with Crippen molar-refractivity contribution in [1.29, 1.82) is 0 Å². The molecule has 1 aliphatic rings. The number of amides is 1. The number of carbonyl (C=O) groups excluding carboxylic acids is 2. The molecule has 1 aromatic heterocycles. The number of anilines is 1. The van der Waals surface area contributed by atoms with Gasteiger partial charge in [0.1, 0.15) is 5.00 Å². The molecular weight excluding hydrogens is 240 g/mol. The Morgan fingerprint density at radius 3 is 2.82 bits per heavy atom. The highest BCUT2D eigenvalue weighted by Crippen LogP contribution is 2.35. The Morgan fingerprint density at radius 2 is 2.24 bits per heavy atom. The van der Waals surface area contributed by atoms with Crippen LogP contribution < -0.4 is 11.1 Å². The van der Waals surface area contributed by atoms with Crippen molar-refractivity contribution >= 4 is 28.5 Å². The van der Waals surface area contributed by atoms with Crippen molar-refractivity contribution in [3.05, 3.63) is 16.0 Å². The molecule has 0 unspecified atom stereocenters. The minimum absolute atomic E-state index is 0.155. The molecule has 0 fully saturated rings. The molecule has 0 bridgehead atoms. The zero-order chi connectivity index (χ0) is 12.8. The molecule has 0 atom stereocenters. The van der Waals surface area contributed by atoms with Crippen LogP contribution in [0.15, 0.2) is 0 Å². The Labute approximate surface area is 104 Å². The van der Waals surface area contributed by atoms with E-state index in [1.54, 1.807) is 0 Å². The van der Waals surface area contributed by atoms with Gasteiger partial charge in [0.15, 0.2) is 6.29 Å². The van der Waals surface area contributed by atoms with Crippen LogP contribution in [0, 0.1) is 0 Å². The van der Waals surface area contributed by atoms with Gasteiger partial charge in [-0.15, -0.1) is 11.3 Å². The molecule has 0 spiro atoms. The maximum Gasteiger partial charge on any atom is 0.221 e. The number of aldehydes is 1. The summed E-state index contributed by atoms with van der Waals surface area (Å²) in [5.41, 5.74) is 6.15.